The Morgan fingerprint density at radius 1 is 1.00 bits per heavy atom. The normalized spacial score (nSPS) is 21.8. The highest BCUT2D eigenvalue weighted by molar-refractivity contribution is 7.52. The van der Waals surface area contributed by atoms with E-state index in [2.05, 4.69) is 5.09 Å². The number of nitrogens with zero attached hydrogens (tertiary/aromatic N) is 1. The highest BCUT2D eigenvalue weighted by atomic mass is 31.2. The van der Waals surface area contributed by atoms with Crippen molar-refractivity contribution in [1.29, 1.82) is 0 Å². The van der Waals surface area contributed by atoms with Gasteiger partial charge in [0.1, 0.15) is 36.2 Å². The SMILES string of the molecule is CC(NP(=O)(OCC1O[C@@H]([n+]2cccc(C(N)=O)c2)[C@H](O)[C@@H]1O)Oc1cccc2ccccc12)C(=O)OCc1ccccc1. The summed E-state index contributed by atoms with van der Waals surface area (Å²) in [6, 6.07) is 23.5. The molecule has 1 amide bonds. The first kappa shape index (κ1) is 31.3. The topological polar surface area (TPSA) is 171 Å². The van der Waals surface area contributed by atoms with Crippen LogP contribution in [0.1, 0.15) is 29.1 Å². The quantitative estimate of drug-likeness (QED) is 0.105. The number of fused-ring (bicyclic) bond motifs is 1. The van der Waals surface area contributed by atoms with Gasteiger partial charge in [0.2, 0.25) is 0 Å². The van der Waals surface area contributed by atoms with Crippen molar-refractivity contribution in [2.75, 3.05) is 6.61 Å². The van der Waals surface area contributed by atoms with Crippen LogP contribution < -0.4 is 19.9 Å². The fourth-order valence-corrected chi connectivity index (χ4v) is 6.24. The van der Waals surface area contributed by atoms with Crippen molar-refractivity contribution in [3.8, 4) is 5.75 Å². The van der Waals surface area contributed by atoms with Gasteiger partial charge in [-0.3, -0.25) is 14.1 Å². The molecular formula is C31H33N3O9P+. The predicted molar refractivity (Wildman–Crippen MR) is 158 cm³/mol. The summed E-state index contributed by atoms with van der Waals surface area (Å²) in [4.78, 5) is 24.5. The number of hydrogen-bond donors (Lipinski definition) is 4. The minimum atomic E-state index is -4.35. The van der Waals surface area contributed by atoms with Crippen LogP contribution in [0.2, 0.25) is 0 Å². The summed E-state index contributed by atoms with van der Waals surface area (Å²) in [5.41, 5.74) is 6.31. The van der Waals surface area contributed by atoms with Crippen molar-refractivity contribution in [2.24, 2.45) is 5.73 Å². The number of benzene rings is 3. The van der Waals surface area contributed by atoms with Crippen LogP contribution in [0.5, 0.6) is 5.75 Å². The maximum atomic E-state index is 14.2. The van der Waals surface area contributed by atoms with Crippen LogP contribution >= 0.6 is 7.75 Å². The second-order valence-corrected chi connectivity index (χ2v) is 12.0. The van der Waals surface area contributed by atoms with E-state index in [-0.39, 0.29) is 17.9 Å². The summed E-state index contributed by atoms with van der Waals surface area (Å²) >= 11 is 0. The van der Waals surface area contributed by atoms with E-state index in [1.807, 2.05) is 36.4 Å². The molecule has 1 aliphatic heterocycles. The average molecular weight is 623 g/mol. The lowest BCUT2D eigenvalue weighted by atomic mass is 10.1. The van der Waals surface area contributed by atoms with Gasteiger partial charge in [-0.25, -0.2) is 4.57 Å². The Labute approximate surface area is 253 Å². The molecule has 6 atom stereocenters. The number of aliphatic hydroxyl groups is 2. The number of rotatable bonds is 12. The number of pyridine rings is 1. The third kappa shape index (κ3) is 7.31. The van der Waals surface area contributed by atoms with E-state index in [9.17, 15) is 24.4 Å². The van der Waals surface area contributed by atoms with Crippen molar-refractivity contribution in [3.63, 3.8) is 0 Å². The number of carbonyl (C=O) groups is 2. The van der Waals surface area contributed by atoms with Gasteiger partial charge in [-0.15, -0.1) is 0 Å². The van der Waals surface area contributed by atoms with Crippen molar-refractivity contribution in [2.45, 2.75) is 44.1 Å². The fraction of sp³-hybridized carbons (Fsp3) is 0.258. The van der Waals surface area contributed by atoms with Gasteiger partial charge in [0, 0.05) is 11.5 Å². The lowest BCUT2D eigenvalue weighted by molar-refractivity contribution is -0.765. The second kappa shape index (κ2) is 13.6. The number of esters is 1. The third-order valence-electron chi connectivity index (χ3n) is 7.04. The average Bonchev–Trinajstić information content (AvgIpc) is 3.32. The van der Waals surface area contributed by atoms with Gasteiger partial charge in [0.05, 0.1) is 6.61 Å². The predicted octanol–water partition coefficient (Wildman–Crippen LogP) is 2.77. The van der Waals surface area contributed by atoms with E-state index in [1.54, 1.807) is 42.5 Å². The smallest absolute Gasteiger partial charge is 0.459 e. The molecular weight excluding hydrogens is 589 g/mol. The first-order valence-electron chi connectivity index (χ1n) is 13.9. The summed E-state index contributed by atoms with van der Waals surface area (Å²) in [6.45, 7) is 0.974. The lowest BCUT2D eigenvalue weighted by Crippen LogP contribution is -2.46. The molecule has 1 aliphatic rings. The van der Waals surface area contributed by atoms with E-state index < -0.39 is 56.8 Å². The minimum absolute atomic E-state index is 0.0109. The van der Waals surface area contributed by atoms with Crippen LogP contribution in [0.15, 0.2) is 97.3 Å². The van der Waals surface area contributed by atoms with Gasteiger partial charge >= 0.3 is 13.7 Å². The monoisotopic (exact) mass is 622 g/mol. The molecule has 230 valence electrons. The Hall–Kier alpha value is -4.16. The first-order chi connectivity index (χ1) is 21.1. The summed E-state index contributed by atoms with van der Waals surface area (Å²) in [5.74, 6) is -1.15. The maximum absolute atomic E-state index is 14.2. The third-order valence-corrected chi connectivity index (χ3v) is 8.67. The highest BCUT2D eigenvalue weighted by Gasteiger charge is 2.49. The molecule has 0 aliphatic carbocycles. The number of carbonyl (C=O) groups excluding carboxylic acids is 2. The van der Waals surface area contributed by atoms with E-state index in [4.69, 9.17) is 24.3 Å². The molecule has 0 saturated carbocycles. The van der Waals surface area contributed by atoms with E-state index in [0.29, 0.717) is 5.39 Å². The zero-order valence-electron chi connectivity index (χ0n) is 23.8. The van der Waals surface area contributed by atoms with Gasteiger partial charge < -0.3 is 29.9 Å². The summed E-state index contributed by atoms with van der Waals surface area (Å²) in [6.07, 6.45) is -2.22. The summed E-state index contributed by atoms with van der Waals surface area (Å²) < 4.78 is 38.5. The molecule has 0 radical (unpaired) electrons. The molecule has 44 heavy (non-hydrogen) atoms. The van der Waals surface area contributed by atoms with Gasteiger partial charge in [0.15, 0.2) is 18.5 Å². The molecule has 3 unspecified atom stereocenters. The molecule has 12 nitrogen and oxygen atoms in total. The van der Waals surface area contributed by atoms with Crippen molar-refractivity contribution in [3.05, 3.63) is 108 Å². The van der Waals surface area contributed by atoms with Crippen LogP contribution in [0.25, 0.3) is 10.8 Å². The zero-order valence-corrected chi connectivity index (χ0v) is 24.7. The number of amides is 1. The summed E-state index contributed by atoms with van der Waals surface area (Å²) in [5, 5.41) is 25.6. The van der Waals surface area contributed by atoms with Crippen LogP contribution in [0, 0.1) is 0 Å². The van der Waals surface area contributed by atoms with E-state index in [0.717, 1.165) is 10.9 Å². The largest absolute Gasteiger partial charge is 0.460 e. The summed E-state index contributed by atoms with van der Waals surface area (Å²) in [7, 11) is -4.35. The van der Waals surface area contributed by atoms with Crippen LogP contribution in [0.3, 0.4) is 0 Å². The van der Waals surface area contributed by atoms with Gasteiger partial charge in [-0.1, -0.05) is 66.7 Å². The van der Waals surface area contributed by atoms with E-state index in [1.165, 1.54) is 30.0 Å². The molecule has 2 heterocycles. The number of hydrogen-bond acceptors (Lipinski definition) is 9. The molecule has 0 spiro atoms. The number of aromatic nitrogens is 1. The zero-order chi connectivity index (χ0) is 31.3. The van der Waals surface area contributed by atoms with Crippen LogP contribution in [-0.2, 0) is 30.0 Å². The Balaban J connectivity index is 1.33. The number of ether oxygens (including phenoxy) is 2. The number of nitrogens with two attached hydrogens (primary N) is 1. The Morgan fingerprint density at radius 3 is 2.50 bits per heavy atom. The Kier molecular flexibility index (Phi) is 9.70. The van der Waals surface area contributed by atoms with E-state index >= 15 is 0 Å². The second-order valence-electron chi connectivity index (χ2n) is 10.3. The molecule has 1 saturated heterocycles. The standard InChI is InChI=1S/C31H32N3O9P/c1-20(31(38)40-18-21-9-3-2-4-10-21)33-44(39,43-25-15-7-12-22-11-5-6-14-24(22)25)41-19-26-27(35)28(36)30(42-26)34-16-8-13-23(17-34)29(32)37/h2-17,20,26-28,30,35-36H,18-19H2,1H3,(H2-,32,33,37,39)/p+1/t20?,26?,27-,28-,30-,44?/m1/s1. The van der Waals surface area contributed by atoms with Crippen LogP contribution in [0.4, 0.5) is 0 Å². The molecule has 13 heteroatoms. The van der Waals surface area contributed by atoms with Crippen molar-refractivity contribution in [1.82, 2.24) is 5.09 Å². The molecule has 4 aromatic rings. The molecule has 1 fully saturated rings. The highest BCUT2D eigenvalue weighted by Crippen LogP contribution is 2.47. The fourth-order valence-electron chi connectivity index (χ4n) is 4.72. The molecule has 1 aromatic heterocycles. The van der Waals surface area contributed by atoms with Gasteiger partial charge in [-0.2, -0.15) is 9.65 Å². The van der Waals surface area contributed by atoms with Crippen LogP contribution in [-0.4, -0.2) is 53.1 Å². The lowest BCUT2D eigenvalue weighted by Gasteiger charge is -2.25. The number of aliphatic hydroxyl groups excluding tert-OH is 2. The maximum Gasteiger partial charge on any atom is 0.459 e. The number of primary amides is 1. The van der Waals surface area contributed by atoms with Crippen molar-refractivity contribution >= 4 is 30.4 Å². The van der Waals surface area contributed by atoms with Gasteiger partial charge in [-0.05, 0) is 30.0 Å². The number of nitrogens with one attached hydrogen (secondary N) is 1. The first-order valence-corrected chi connectivity index (χ1v) is 15.4. The Morgan fingerprint density at radius 2 is 1.73 bits per heavy atom. The molecule has 5 N–H and O–H groups in total. The minimum Gasteiger partial charge on any atom is -0.460 e. The van der Waals surface area contributed by atoms with Gasteiger partial charge in [0.25, 0.3) is 12.1 Å². The molecule has 5 rings (SSSR count). The molecule has 0 bridgehead atoms. The molecule has 3 aromatic carbocycles. The van der Waals surface area contributed by atoms with Crippen molar-refractivity contribution < 1.29 is 47.5 Å². The Bertz CT molecular complexity index is 1670.